The van der Waals surface area contributed by atoms with Crippen LogP contribution >= 0.6 is 0 Å². The summed E-state index contributed by atoms with van der Waals surface area (Å²) >= 11 is 0. The molecule has 0 aromatic heterocycles. The first-order valence-corrected chi connectivity index (χ1v) is 8.40. The maximum Gasteiger partial charge on any atom is 0.216 e. The zero-order chi connectivity index (χ0) is 15.7. The van der Waals surface area contributed by atoms with E-state index >= 15 is 0 Å². The molecule has 0 saturated carbocycles. The van der Waals surface area contributed by atoms with Gasteiger partial charge in [-0.1, -0.05) is 24.0 Å². The first-order chi connectivity index (χ1) is 9.99. The minimum atomic E-state index is -3.31. The molecule has 0 bridgehead atoms. The van der Waals surface area contributed by atoms with E-state index in [-0.39, 0.29) is 12.4 Å². The highest BCUT2D eigenvalue weighted by atomic mass is 32.2. The summed E-state index contributed by atoms with van der Waals surface area (Å²) in [4.78, 5) is 0. The predicted molar refractivity (Wildman–Crippen MR) is 84.1 cm³/mol. The molecule has 0 radical (unpaired) electrons. The molecule has 0 aliphatic heterocycles. The van der Waals surface area contributed by atoms with Gasteiger partial charge in [0.05, 0.1) is 18.9 Å². The summed E-state index contributed by atoms with van der Waals surface area (Å²) in [6, 6.07) is 7.48. The van der Waals surface area contributed by atoms with Gasteiger partial charge in [0.1, 0.15) is 0 Å². The van der Waals surface area contributed by atoms with E-state index in [9.17, 15) is 8.42 Å². The summed E-state index contributed by atoms with van der Waals surface area (Å²) in [5, 5.41) is 0. The number of hydrogen-bond donors (Lipinski definition) is 1. The Balaban J connectivity index is 2.71. The molecule has 5 nitrogen and oxygen atoms in total. The quantitative estimate of drug-likeness (QED) is 0.597. The van der Waals surface area contributed by atoms with Crippen molar-refractivity contribution in [3.8, 4) is 11.8 Å². The van der Waals surface area contributed by atoms with E-state index in [4.69, 9.17) is 10.5 Å². The predicted octanol–water partition coefficient (Wildman–Crippen LogP) is 0.795. The van der Waals surface area contributed by atoms with Gasteiger partial charge in [0.2, 0.25) is 10.0 Å². The fraction of sp³-hybridized carbons (Fsp3) is 0.467. The molecule has 0 fully saturated rings. The molecule has 0 spiro atoms. The zero-order valence-electron chi connectivity index (χ0n) is 12.5. The third-order valence-corrected chi connectivity index (χ3v) is 4.59. The van der Waals surface area contributed by atoms with Crippen LogP contribution in [0.4, 0.5) is 0 Å². The van der Waals surface area contributed by atoms with E-state index in [0.717, 1.165) is 11.1 Å². The van der Waals surface area contributed by atoms with Gasteiger partial charge in [0.25, 0.3) is 0 Å². The molecular weight excluding hydrogens is 288 g/mol. The fourth-order valence-electron chi connectivity index (χ4n) is 1.72. The van der Waals surface area contributed by atoms with Gasteiger partial charge in [-0.25, -0.2) is 12.7 Å². The molecule has 116 valence electrons. The minimum Gasteiger partial charge on any atom is -0.381 e. The molecule has 6 heteroatoms. The lowest BCUT2D eigenvalue weighted by atomic mass is 10.1. The van der Waals surface area contributed by atoms with Crippen LogP contribution in [0.2, 0.25) is 0 Å². The van der Waals surface area contributed by atoms with Gasteiger partial charge < -0.3 is 10.5 Å². The van der Waals surface area contributed by atoms with Crippen molar-refractivity contribution in [1.29, 1.82) is 0 Å². The summed E-state index contributed by atoms with van der Waals surface area (Å²) in [7, 11) is -1.74. The zero-order valence-corrected chi connectivity index (χ0v) is 13.3. The van der Waals surface area contributed by atoms with Crippen molar-refractivity contribution in [1.82, 2.24) is 4.31 Å². The summed E-state index contributed by atoms with van der Waals surface area (Å²) in [5.41, 5.74) is 7.06. The SMILES string of the molecule is CCOCCS(=O)(=O)N(C)Cc1cccc(C#CCN)c1. The largest absolute Gasteiger partial charge is 0.381 e. The van der Waals surface area contributed by atoms with E-state index in [1.807, 2.05) is 31.2 Å². The number of benzene rings is 1. The minimum absolute atomic E-state index is 0.00991. The van der Waals surface area contributed by atoms with Crippen molar-refractivity contribution in [2.45, 2.75) is 13.5 Å². The Labute approximate surface area is 127 Å². The second-order valence-corrected chi connectivity index (χ2v) is 6.67. The maximum absolute atomic E-state index is 12.1. The van der Waals surface area contributed by atoms with Crippen molar-refractivity contribution in [2.75, 3.05) is 32.6 Å². The van der Waals surface area contributed by atoms with Crippen LogP contribution in [0.5, 0.6) is 0 Å². The molecule has 0 aliphatic carbocycles. The van der Waals surface area contributed by atoms with E-state index in [2.05, 4.69) is 11.8 Å². The van der Waals surface area contributed by atoms with Gasteiger partial charge in [0.15, 0.2) is 0 Å². The van der Waals surface area contributed by atoms with Crippen LogP contribution in [0.3, 0.4) is 0 Å². The highest BCUT2D eigenvalue weighted by molar-refractivity contribution is 7.89. The highest BCUT2D eigenvalue weighted by Crippen LogP contribution is 2.10. The molecule has 21 heavy (non-hydrogen) atoms. The molecule has 1 aromatic carbocycles. The lowest BCUT2D eigenvalue weighted by Gasteiger charge is -2.17. The monoisotopic (exact) mass is 310 g/mol. The molecule has 0 heterocycles. The second kappa shape index (κ2) is 8.80. The molecular formula is C15H22N2O3S. The Hall–Kier alpha value is -1.39. The van der Waals surface area contributed by atoms with Gasteiger partial charge in [-0.05, 0) is 24.6 Å². The Morgan fingerprint density at radius 3 is 2.81 bits per heavy atom. The summed E-state index contributed by atoms with van der Waals surface area (Å²) < 4.78 is 30.6. The smallest absolute Gasteiger partial charge is 0.216 e. The van der Waals surface area contributed by atoms with Crippen LogP contribution < -0.4 is 5.73 Å². The molecule has 1 rings (SSSR count). The number of nitrogens with zero attached hydrogens (tertiary/aromatic N) is 1. The maximum atomic E-state index is 12.1. The van der Waals surface area contributed by atoms with Crippen LogP contribution in [0, 0.1) is 11.8 Å². The summed E-state index contributed by atoms with van der Waals surface area (Å²) in [6.45, 7) is 3.18. The normalized spacial score (nSPS) is 11.2. The Morgan fingerprint density at radius 2 is 2.14 bits per heavy atom. The van der Waals surface area contributed by atoms with Crippen molar-refractivity contribution in [3.63, 3.8) is 0 Å². The molecule has 0 aliphatic rings. The van der Waals surface area contributed by atoms with Crippen molar-refractivity contribution in [3.05, 3.63) is 35.4 Å². The standard InChI is InChI=1S/C15H22N2O3S/c1-3-20-10-11-21(18,19)17(2)13-15-7-4-6-14(12-15)8-5-9-16/h4,6-7,12H,3,9-11,13,16H2,1-2H3. The first-order valence-electron chi connectivity index (χ1n) is 6.79. The van der Waals surface area contributed by atoms with Crippen LogP contribution in [0.25, 0.3) is 0 Å². The molecule has 1 aromatic rings. The second-order valence-electron chi connectivity index (χ2n) is 4.48. The van der Waals surface area contributed by atoms with Gasteiger partial charge in [-0.2, -0.15) is 0 Å². The van der Waals surface area contributed by atoms with Crippen LogP contribution in [-0.4, -0.2) is 45.3 Å². The van der Waals surface area contributed by atoms with Crippen LogP contribution in [0.1, 0.15) is 18.1 Å². The molecule has 0 unspecified atom stereocenters. The number of nitrogens with two attached hydrogens (primary N) is 1. The number of rotatable bonds is 7. The van der Waals surface area contributed by atoms with Gasteiger partial charge in [-0.15, -0.1) is 0 Å². The third kappa shape index (κ3) is 6.27. The van der Waals surface area contributed by atoms with Gasteiger partial charge >= 0.3 is 0 Å². The molecule has 0 atom stereocenters. The molecule has 2 N–H and O–H groups in total. The van der Waals surface area contributed by atoms with Gasteiger partial charge in [-0.3, -0.25) is 0 Å². The Bertz CT molecular complexity index is 603. The average Bonchev–Trinajstić information content (AvgIpc) is 2.45. The van der Waals surface area contributed by atoms with Crippen molar-refractivity contribution in [2.24, 2.45) is 5.73 Å². The Kier molecular flexibility index (Phi) is 7.40. The lowest BCUT2D eigenvalue weighted by Crippen LogP contribution is -2.30. The third-order valence-electron chi connectivity index (χ3n) is 2.83. The highest BCUT2D eigenvalue weighted by Gasteiger charge is 2.17. The van der Waals surface area contributed by atoms with Gasteiger partial charge in [0, 0.05) is 25.8 Å². The summed E-state index contributed by atoms with van der Waals surface area (Å²) in [5.74, 6) is 5.70. The van der Waals surface area contributed by atoms with Crippen molar-refractivity contribution < 1.29 is 13.2 Å². The van der Waals surface area contributed by atoms with Crippen molar-refractivity contribution >= 4 is 10.0 Å². The molecule has 0 saturated heterocycles. The first kappa shape index (κ1) is 17.7. The number of sulfonamides is 1. The number of ether oxygens (including phenoxy) is 1. The fourth-order valence-corrected chi connectivity index (χ4v) is 2.71. The van der Waals surface area contributed by atoms with E-state index < -0.39 is 10.0 Å². The van der Waals surface area contributed by atoms with Crippen LogP contribution in [-0.2, 0) is 21.3 Å². The Morgan fingerprint density at radius 1 is 1.38 bits per heavy atom. The van der Waals surface area contributed by atoms with E-state index in [0.29, 0.717) is 19.7 Å². The lowest BCUT2D eigenvalue weighted by molar-refractivity contribution is 0.162. The van der Waals surface area contributed by atoms with E-state index in [1.54, 1.807) is 7.05 Å². The number of hydrogen-bond acceptors (Lipinski definition) is 4. The average molecular weight is 310 g/mol. The van der Waals surface area contributed by atoms with E-state index in [1.165, 1.54) is 4.31 Å². The summed E-state index contributed by atoms with van der Waals surface area (Å²) in [6.07, 6.45) is 0. The van der Waals surface area contributed by atoms with Crippen LogP contribution in [0.15, 0.2) is 24.3 Å². The topological polar surface area (TPSA) is 72.6 Å². The molecule has 0 amide bonds.